The molecule has 0 amide bonds. The molecule has 6 heteroatoms. The fourth-order valence-corrected chi connectivity index (χ4v) is 1.90. The molecule has 0 radical (unpaired) electrons. The second-order valence-corrected chi connectivity index (χ2v) is 4.51. The Morgan fingerprint density at radius 3 is 2.39 bits per heavy atom. The second kappa shape index (κ2) is 4.76. The van der Waals surface area contributed by atoms with E-state index in [1.54, 1.807) is 0 Å². The van der Waals surface area contributed by atoms with Gasteiger partial charge in [-0.05, 0) is 37.2 Å². The number of hydrogen-bond acceptors (Lipinski definition) is 2. The highest BCUT2D eigenvalue weighted by atomic mass is 19.4. The SMILES string of the molecule is FC1(CNc2ccc(C(F)(F)F)cc2)CCNC1. The first-order valence-electron chi connectivity index (χ1n) is 5.70. The summed E-state index contributed by atoms with van der Waals surface area (Å²) in [5.41, 5.74) is -1.53. The van der Waals surface area contributed by atoms with Crippen molar-refractivity contribution >= 4 is 5.69 Å². The molecular weight excluding hydrogens is 248 g/mol. The Kier molecular flexibility index (Phi) is 3.47. The highest BCUT2D eigenvalue weighted by Gasteiger charge is 2.33. The Morgan fingerprint density at radius 1 is 1.22 bits per heavy atom. The highest BCUT2D eigenvalue weighted by molar-refractivity contribution is 5.45. The molecule has 1 heterocycles. The maximum absolute atomic E-state index is 14.0. The number of nitrogens with one attached hydrogen (secondary N) is 2. The Balaban J connectivity index is 1.94. The minimum Gasteiger partial charge on any atom is -0.382 e. The molecule has 2 rings (SSSR count). The van der Waals surface area contributed by atoms with Crippen LogP contribution in [-0.2, 0) is 6.18 Å². The monoisotopic (exact) mass is 262 g/mol. The molecule has 0 spiro atoms. The predicted molar refractivity (Wildman–Crippen MR) is 61.3 cm³/mol. The smallest absolute Gasteiger partial charge is 0.382 e. The number of anilines is 1. The first kappa shape index (κ1) is 13.1. The van der Waals surface area contributed by atoms with Gasteiger partial charge in [-0.3, -0.25) is 0 Å². The van der Waals surface area contributed by atoms with Gasteiger partial charge in [0, 0.05) is 12.2 Å². The van der Waals surface area contributed by atoms with Crippen molar-refractivity contribution in [2.45, 2.75) is 18.3 Å². The summed E-state index contributed by atoms with van der Waals surface area (Å²) in [6, 6.07) is 4.60. The molecular formula is C12H14F4N2. The molecule has 1 unspecified atom stereocenters. The molecule has 0 saturated carbocycles. The molecule has 1 aromatic rings. The molecule has 0 aromatic heterocycles. The van der Waals surface area contributed by atoms with E-state index >= 15 is 0 Å². The van der Waals surface area contributed by atoms with Crippen molar-refractivity contribution in [3.05, 3.63) is 29.8 Å². The Labute approximate surface area is 102 Å². The number of rotatable bonds is 3. The molecule has 18 heavy (non-hydrogen) atoms. The van der Waals surface area contributed by atoms with Crippen LogP contribution in [0.15, 0.2) is 24.3 Å². The number of hydrogen-bond donors (Lipinski definition) is 2. The van der Waals surface area contributed by atoms with Crippen LogP contribution in [-0.4, -0.2) is 25.3 Å². The van der Waals surface area contributed by atoms with E-state index in [-0.39, 0.29) is 13.1 Å². The lowest BCUT2D eigenvalue weighted by Gasteiger charge is -2.19. The summed E-state index contributed by atoms with van der Waals surface area (Å²) in [4.78, 5) is 0. The molecule has 1 saturated heterocycles. The zero-order chi connectivity index (χ0) is 13.2. The van der Waals surface area contributed by atoms with Gasteiger partial charge >= 0.3 is 6.18 Å². The number of halogens is 4. The van der Waals surface area contributed by atoms with Crippen molar-refractivity contribution < 1.29 is 17.6 Å². The third-order valence-electron chi connectivity index (χ3n) is 3.01. The fraction of sp³-hybridized carbons (Fsp3) is 0.500. The molecule has 2 N–H and O–H groups in total. The van der Waals surface area contributed by atoms with E-state index in [0.717, 1.165) is 12.1 Å². The average Bonchev–Trinajstić information content (AvgIpc) is 2.74. The summed E-state index contributed by atoms with van der Waals surface area (Å²) in [7, 11) is 0. The molecule has 1 aliphatic rings. The second-order valence-electron chi connectivity index (χ2n) is 4.51. The van der Waals surface area contributed by atoms with Crippen LogP contribution in [0.1, 0.15) is 12.0 Å². The Hall–Kier alpha value is -1.30. The van der Waals surface area contributed by atoms with E-state index in [9.17, 15) is 17.6 Å². The summed E-state index contributed by atoms with van der Waals surface area (Å²) >= 11 is 0. The summed E-state index contributed by atoms with van der Waals surface area (Å²) < 4.78 is 50.9. The standard InChI is InChI=1S/C12H14F4N2/c13-11(5-6-17-7-11)8-18-10-3-1-9(2-4-10)12(14,15)16/h1-4,17-18H,5-8H2. The molecule has 1 aliphatic heterocycles. The van der Waals surface area contributed by atoms with Crippen LogP contribution in [0.25, 0.3) is 0 Å². The molecule has 100 valence electrons. The minimum absolute atomic E-state index is 0.103. The van der Waals surface area contributed by atoms with Crippen molar-refractivity contribution in [3.8, 4) is 0 Å². The highest BCUT2D eigenvalue weighted by Crippen LogP contribution is 2.30. The van der Waals surface area contributed by atoms with E-state index in [2.05, 4.69) is 10.6 Å². The van der Waals surface area contributed by atoms with E-state index in [1.165, 1.54) is 12.1 Å². The van der Waals surface area contributed by atoms with Crippen LogP contribution >= 0.6 is 0 Å². The van der Waals surface area contributed by atoms with Crippen LogP contribution in [0.3, 0.4) is 0 Å². The van der Waals surface area contributed by atoms with E-state index in [1.807, 2.05) is 0 Å². The van der Waals surface area contributed by atoms with Gasteiger partial charge in [0.25, 0.3) is 0 Å². The topological polar surface area (TPSA) is 24.1 Å². The lowest BCUT2D eigenvalue weighted by molar-refractivity contribution is -0.137. The average molecular weight is 262 g/mol. The predicted octanol–water partition coefficient (Wildman–Crippen LogP) is 2.82. The lowest BCUT2D eigenvalue weighted by Crippen LogP contribution is -2.34. The number of alkyl halides is 4. The normalized spacial score (nSPS) is 24.2. The van der Waals surface area contributed by atoms with Crippen molar-refractivity contribution in [2.75, 3.05) is 25.0 Å². The van der Waals surface area contributed by atoms with Gasteiger partial charge in [-0.1, -0.05) is 0 Å². The summed E-state index contributed by atoms with van der Waals surface area (Å²) in [6.07, 6.45) is -3.92. The molecule has 0 bridgehead atoms. The quantitative estimate of drug-likeness (QED) is 0.818. The van der Waals surface area contributed by atoms with Crippen molar-refractivity contribution in [1.29, 1.82) is 0 Å². The summed E-state index contributed by atoms with van der Waals surface area (Å²) in [5, 5.41) is 5.74. The lowest BCUT2D eigenvalue weighted by atomic mass is 10.1. The minimum atomic E-state index is -4.34. The van der Waals surface area contributed by atoms with Gasteiger partial charge in [0.2, 0.25) is 0 Å². The number of benzene rings is 1. The zero-order valence-corrected chi connectivity index (χ0v) is 9.65. The molecule has 1 atom stereocenters. The fourth-order valence-electron chi connectivity index (χ4n) is 1.90. The van der Waals surface area contributed by atoms with E-state index in [4.69, 9.17) is 0 Å². The van der Waals surface area contributed by atoms with Gasteiger partial charge < -0.3 is 10.6 Å². The molecule has 1 aromatic carbocycles. The third kappa shape index (κ3) is 3.13. The van der Waals surface area contributed by atoms with Crippen molar-refractivity contribution in [1.82, 2.24) is 5.32 Å². The van der Waals surface area contributed by atoms with Gasteiger partial charge in [0.15, 0.2) is 0 Å². The summed E-state index contributed by atoms with van der Waals surface area (Å²) in [5.74, 6) is 0. The first-order valence-corrected chi connectivity index (χ1v) is 5.70. The maximum Gasteiger partial charge on any atom is 0.416 e. The van der Waals surface area contributed by atoms with Crippen LogP contribution < -0.4 is 10.6 Å². The first-order chi connectivity index (χ1) is 8.39. The summed E-state index contributed by atoms with van der Waals surface area (Å²) in [6.45, 7) is 1.01. The van der Waals surface area contributed by atoms with Crippen LogP contribution in [0.4, 0.5) is 23.2 Å². The molecule has 0 aliphatic carbocycles. The third-order valence-corrected chi connectivity index (χ3v) is 3.01. The van der Waals surface area contributed by atoms with Crippen molar-refractivity contribution in [2.24, 2.45) is 0 Å². The van der Waals surface area contributed by atoms with Crippen LogP contribution in [0, 0.1) is 0 Å². The van der Waals surface area contributed by atoms with Gasteiger partial charge in [0.1, 0.15) is 5.67 Å². The molecule has 2 nitrogen and oxygen atoms in total. The maximum atomic E-state index is 14.0. The largest absolute Gasteiger partial charge is 0.416 e. The van der Waals surface area contributed by atoms with Crippen LogP contribution in [0.5, 0.6) is 0 Å². The van der Waals surface area contributed by atoms with E-state index in [0.29, 0.717) is 18.7 Å². The van der Waals surface area contributed by atoms with Gasteiger partial charge in [0.05, 0.1) is 12.1 Å². The van der Waals surface area contributed by atoms with Crippen molar-refractivity contribution in [3.63, 3.8) is 0 Å². The van der Waals surface area contributed by atoms with E-state index < -0.39 is 17.4 Å². The van der Waals surface area contributed by atoms with Gasteiger partial charge in [-0.15, -0.1) is 0 Å². The van der Waals surface area contributed by atoms with Crippen LogP contribution in [0.2, 0.25) is 0 Å². The Morgan fingerprint density at radius 2 is 1.89 bits per heavy atom. The zero-order valence-electron chi connectivity index (χ0n) is 9.65. The van der Waals surface area contributed by atoms with Gasteiger partial charge in [-0.25, -0.2) is 4.39 Å². The van der Waals surface area contributed by atoms with Gasteiger partial charge in [-0.2, -0.15) is 13.2 Å². The molecule has 1 fully saturated rings. The Bertz CT molecular complexity index is 394.